The highest BCUT2D eigenvalue weighted by Gasteiger charge is 2.31. The van der Waals surface area contributed by atoms with Gasteiger partial charge in [0.1, 0.15) is 5.82 Å². The van der Waals surface area contributed by atoms with Crippen molar-refractivity contribution in [2.45, 2.75) is 32.2 Å². The van der Waals surface area contributed by atoms with Gasteiger partial charge in [-0.05, 0) is 37.1 Å². The zero-order valence-electron chi connectivity index (χ0n) is 11.0. The van der Waals surface area contributed by atoms with E-state index >= 15 is 0 Å². The van der Waals surface area contributed by atoms with Gasteiger partial charge >= 0.3 is 6.03 Å². The van der Waals surface area contributed by atoms with Crippen molar-refractivity contribution in [1.82, 2.24) is 5.32 Å². The van der Waals surface area contributed by atoms with Gasteiger partial charge < -0.3 is 16.4 Å². The number of halogens is 1. The van der Waals surface area contributed by atoms with Crippen LogP contribution in [0.3, 0.4) is 0 Å². The minimum atomic E-state index is -0.695. The van der Waals surface area contributed by atoms with Gasteiger partial charge in [0, 0.05) is 5.69 Å². The molecule has 0 saturated heterocycles. The third kappa shape index (κ3) is 3.89. The highest BCUT2D eigenvalue weighted by atomic mass is 32.1. The molecule has 0 aromatic heterocycles. The molecule has 0 saturated carbocycles. The average Bonchev–Trinajstić information content (AvgIpc) is 2.38. The third-order valence-electron chi connectivity index (χ3n) is 3.13. The quantitative estimate of drug-likeness (QED) is 0.728. The minimum Gasteiger partial charge on any atom is -0.391 e. The van der Waals surface area contributed by atoms with Crippen LogP contribution in [0.1, 0.15) is 26.7 Å². The Morgan fingerprint density at radius 1 is 1.32 bits per heavy atom. The van der Waals surface area contributed by atoms with Crippen LogP contribution in [0.15, 0.2) is 24.3 Å². The van der Waals surface area contributed by atoms with E-state index in [0.29, 0.717) is 18.5 Å². The maximum atomic E-state index is 12.7. The Morgan fingerprint density at radius 2 is 1.84 bits per heavy atom. The summed E-state index contributed by atoms with van der Waals surface area (Å²) in [5.74, 6) is -0.356. The fourth-order valence-corrected chi connectivity index (χ4v) is 2.09. The van der Waals surface area contributed by atoms with E-state index in [0.717, 1.165) is 0 Å². The lowest BCUT2D eigenvalue weighted by molar-refractivity contribution is 0.243. The van der Waals surface area contributed by atoms with Crippen molar-refractivity contribution in [3.8, 4) is 0 Å². The first-order chi connectivity index (χ1) is 8.93. The third-order valence-corrected chi connectivity index (χ3v) is 3.52. The molecular formula is C13H18FN3OS. The molecule has 0 heterocycles. The lowest BCUT2D eigenvalue weighted by atomic mass is 9.93. The first-order valence-corrected chi connectivity index (χ1v) is 6.49. The summed E-state index contributed by atoms with van der Waals surface area (Å²) in [5, 5.41) is 5.40. The van der Waals surface area contributed by atoms with Crippen molar-refractivity contribution in [3.63, 3.8) is 0 Å². The molecule has 0 aliphatic carbocycles. The summed E-state index contributed by atoms with van der Waals surface area (Å²) in [5.41, 5.74) is 5.50. The molecule has 0 unspecified atom stereocenters. The average molecular weight is 283 g/mol. The second kappa shape index (κ2) is 6.47. The molecule has 4 N–H and O–H groups in total. The Morgan fingerprint density at radius 3 is 2.26 bits per heavy atom. The monoisotopic (exact) mass is 283 g/mol. The molecular weight excluding hydrogens is 265 g/mol. The zero-order chi connectivity index (χ0) is 14.5. The summed E-state index contributed by atoms with van der Waals surface area (Å²) in [6.45, 7) is 3.81. The molecule has 19 heavy (non-hydrogen) atoms. The number of carbonyl (C=O) groups is 1. The number of rotatable bonds is 5. The smallest absolute Gasteiger partial charge is 0.320 e. The fraction of sp³-hybridized carbons (Fsp3) is 0.385. The van der Waals surface area contributed by atoms with Crippen LogP contribution in [-0.2, 0) is 0 Å². The maximum absolute atomic E-state index is 12.7. The van der Waals surface area contributed by atoms with E-state index in [4.69, 9.17) is 18.0 Å². The number of urea groups is 1. The molecule has 104 valence electrons. The molecule has 2 amide bonds. The van der Waals surface area contributed by atoms with Crippen LogP contribution in [0.4, 0.5) is 14.9 Å². The van der Waals surface area contributed by atoms with Crippen molar-refractivity contribution >= 4 is 28.9 Å². The molecule has 0 radical (unpaired) electrons. The van der Waals surface area contributed by atoms with Gasteiger partial charge in [0.25, 0.3) is 0 Å². The highest BCUT2D eigenvalue weighted by molar-refractivity contribution is 7.80. The standard InChI is InChI=1S/C13H18FN3OS/c1-3-13(4-2,11(15)19)17-12(18)16-10-7-5-9(14)6-8-10/h5-8H,3-4H2,1-2H3,(H2,15,19)(H2,16,17,18). The van der Waals surface area contributed by atoms with E-state index in [-0.39, 0.29) is 10.8 Å². The van der Waals surface area contributed by atoms with Gasteiger partial charge in [0.2, 0.25) is 0 Å². The highest BCUT2D eigenvalue weighted by Crippen LogP contribution is 2.16. The summed E-state index contributed by atoms with van der Waals surface area (Å²) in [4.78, 5) is 12.2. The zero-order valence-corrected chi connectivity index (χ0v) is 11.8. The van der Waals surface area contributed by atoms with Gasteiger partial charge in [-0.2, -0.15) is 0 Å². The number of thiocarbonyl (C=S) groups is 1. The second-order valence-corrected chi connectivity index (χ2v) is 4.68. The summed E-state index contributed by atoms with van der Waals surface area (Å²) in [7, 11) is 0. The molecule has 0 aliphatic heterocycles. The molecule has 0 bridgehead atoms. The molecule has 0 fully saturated rings. The molecule has 1 aromatic rings. The first-order valence-electron chi connectivity index (χ1n) is 6.08. The van der Waals surface area contributed by atoms with Crippen LogP contribution in [0, 0.1) is 5.82 Å². The number of hydrogen-bond donors (Lipinski definition) is 3. The molecule has 6 heteroatoms. The van der Waals surface area contributed by atoms with Crippen LogP contribution < -0.4 is 16.4 Å². The van der Waals surface area contributed by atoms with E-state index in [1.807, 2.05) is 13.8 Å². The van der Waals surface area contributed by atoms with Crippen LogP contribution in [-0.4, -0.2) is 16.6 Å². The van der Waals surface area contributed by atoms with Crippen LogP contribution >= 0.6 is 12.2 Å². The Labute approximate surface area is 117 Å². The summed E-state index contributed by atoms with van der Waals surface area (Å²) >= 11 is 5.01. The largest absolute Gasteiger partial charge is 0.391 e. The van der Waals surface area contributed by atoms with Crippen LogP contribution in [0.5, 0.6) is 0 Å². The van der Waals surface area contributed by atoms with Gasteiger partial charge in [-0.3, -0.25) is 0 Å². The Kier molecular flexibility index (Phi) is 5.23. The lowest BCUT2D eigenvalue weighted by Crippen LogP contribution is -2.57. The first kappa shape index (κ1) is 15.4. The van der Waals surface area contributed by atoms with E-state index in [9.17, 15) is 9.18 Å². The van der Waals surface area contributed by atoms with Gasteiger partial charge in [0.15, 0.2) is 0 Å². The number of carbonyl (C=O) groups excluding carboxylic acids is 1. The van der Waals surface area contributed by atoms with Gasteiger partial charge in [0.05, 0.1) is 10.5 Å². The SMILES string of the molecule is CCC(CC)(NC(=O)Nc1ccc(F)cc1)C(N)=S. The van der Waals surface area contributed by atoms with Crippen molar-refractivity contribution in [2.24, 2.45) is 5.73 Å². The van der Waals surface area contributed by atoms with E-state index < -0.39 is 11.6 Å². The Hall–Kier alpha value is -1.69. The van der Waals surface area contributed by atoms with Crippen molar-refractivity contribution in [2.75, 3.05) is 5.32 Å². The van der Waals surface area contributed by atoms with Gasteiger partial charge in [-0.15, -0.1) is 0 Å². The van der Waals surface area contributed by atoms with Gasteiger partial charge in [-0.25, -0.2) is 9.18 Å². The summed E-state index contributed by atoms with van der Waals surface area (Å²) in [6.07, 6.45) is 1.21. The Bertz CT molecular complexity index is 457. The Balaban J connectivity index is 2.73. The molecule has 1 rings (SSSR count). The van der Waals surface area contributed by atoms with E-state index in [1.165, 1.54) is 24.3 Å². The van der Waals surface area contributed by atoms with Crippen LogP contribution in [0.25, 0.3) is 0 Å². The molecule has 4 nitrogen and oxygen atoms in total. The van der Waals surface area contributed by atoms with Crippen molar-refractivity contribution in [3.05, 3.63) is 30.1 Å². The summed E-state index contributed by atoms with van der Waals surface area (Å²) in [6, 6.07) is 5.10. The number of nitrogens with two attached hydrogens (primary N) is 1. The lowest BCUT2D eigenvalue weighted by Gasteiger charge is -2.31. The summed E-state index contributed by atoms with van der Waals surface area (Å²) < 4.78 is 12.7. The van der Waals surface area contributed by atoms with E-state index in [1.54, 1.807) is 0 Å². The number of nitrogens with one attached hydrogen (secondary N) is 2. The minimum absolute atomic E-state index is 0.256. The molecule has 0 spiro atoms. The van der Waals surface area contributed by atoms with Crippen molar-refractivity contribution < 1.29 is 9.18 Å². The number of benzene rings is 1. The predicted octanol–water partition coefficient (Wildman–Crippen LogP) is 2.79. The van der Waals surface area contributed by atoms with E-state index in [2.05, 4.69) is 10.6 Å². The maximum Gasteiger partial charge on any atom is 0.320 e. The fourth-order valence-electron chi connectivity index (χ4n) is 1.75. The molecule has 1 aromatic carbocycles. The van der Waals surface area contributed by atoms with Gasteiger partial charge in [-0.1, -0.05) is 26.1 Å². The number of amides is 2. The number of hydrogen-bond acceptors (Lipinski definition) is 2. The number of anilines is 1. The normalized spacial score (nSPS) is 10.9. The predicted molar refractivity (Wildman–Crippen MR) is 78.7 cm³/mol. The molecule has 0 atom stereocenters. The second-order valence-electron chi connectivity index (χ2n) is 4.24. The van der Waals surface area contributed by atoms with Crippen LogP contribution in [0.2, 0.25) is 0 Å². The van der Waals surface area contributed by atoms with Crippen molar-refractivity contribution in [1.29, 1.82) is 0 Å². The molecule has 0 aliphatic rings. The topological polar surface area (TPSA) is 67.2 Å².